The highest BCUT2D eigenvalue weighted by atomic mass is 16.2. The van der Waals surface area contributed by atoms with Crippen LogP contribution in [0.5, 0.6) is 0 Å². The molecule has 4 rings (SSSR count). The van der Waals surface area contributed by atoms with Crippen molar-refractivity contribution in [3.8, 4) is 0 Å². The molecule has 0 spiro atoms. The van der Waals surface area contributed by atoms with Gasteiger partial charge in [0.05, 0.1) is 0 Å². The van der Waals surface area contributed by atoms with Crippen LogP contribution in [-0.2, 0) is 13.0 Å². The molecule has 0 bridgehead atoms. The summed E-state index contributed by atoms with van der Waals surface area (Å²) in [4.78, 5) is 18.6. The van der Waals surface area contributed by atoms with Gasteiger partial charge in [0.1, 0.15) is 0 Å². The Labute approximate surface area is 164 Å². The number of likely N-dealkylation sites (N-methyl/N-ethyl adjacent to an activating group) is 1. The summed E-state index contributed by atoms with van der Waals surface area (Å²) < 4.78 is 2.30. The van der Waals surface area contributed by atoms with Crippen LogP contribution in [0.1, 0.15) is 12.6 Å². The maximum absolute atomic E-state index is 12.6. The number of anilines is 1. The molecule has 0 fully saturated rings. The van der Waals surface area contributed by atoms with Gasteiger partial charge in [-0.05, 0) is 43.3 Å². The average molecular weight is 372 g/mol. The Kier molecular flexibility index (Phi) is 4.98. The minimum Gasteiger partial charge on any atom is -0.341 e. The molecule has 0 radical (unpaired) electrons. The highest BCUT2D eigenvalue weighted by Crippen LogP contribution is 2.31. The Hall–Kier alpha value is -3.34. The summed E-state index contributed by atoms with van der Waals surface area (Å²) in [6.07, 6.45) is 2.51. The molecule has 4 aromatic rings. The van der Waals surface area contributed by atoms with Crippen molar-refractivity contribution in [2.75, 3.05) is 18.9 Å². The SMILES string of the molecule is CCn1c2ccccc2c2cc(NC(=O)N(C)CCc3ccccn3)ccc21. The second kappa shape index (κ2) is 7.72. The number of urea groups is 1. The monoisotopic (exact) mass is 372 g/mol. The van der Waals surface area contributed by atoms with Gasteiger partial charge in [-0.1, -0.05) is 24.3 Å². The van der Waals surface area contributed by atoms with E-state index < -0.39 is 0 Å². The molecular formula is C23H24N4O. The van der Waals surface area contributed by atoms with Crippen LogP contribution in [0.3, 0.4) is 0 Å². The number of hydrogen-bond acceptors (Lipinski definition) is 2. The number of nitrogens with zero attached hydrogens (tertiary/aromatic N) is 3. The fourth-order valence-electron chi connectivity index (χ4n) is 3.62. The number of carbonyl (C=O) groups excluding carboxylic acids is 1. The van der Waals surface area contributed by atoms with Gasteiger partial charge >= 0.3 is 6.03 Å². The minimum atomic E-state index is -0.116. The first kappa shape index (κ1) is 18.0. The molecule has 28 heavy (non-hydrogen) atoms. The lowest BCUT2D eigenvalue weighted by molar-refractivity contribution is 0.223. The lowest BCUT2D eigenvalue weighted by Crippen LogP contribution is -2.33. The first-order valence-electron chi connectivity index (χ1n) is 9.60. The third kappa shape index (κ3) is 3.43. The van der Waals surface area contributed by atoms with Gasteiger partial charge in [-0.15, -0.1) is 0 Å². The van der Waals surface area contributed by atoms with Crippen molar-refractivity contribution < 1.29 is 4.79 Å². The molecule has 5 heteroatoms. The Balaban J connectivity index is 1.53. The van der Waals surface area contributed by atoms with E-state index >= 15 is 0 Å². The van der Waals surface area contributed by atoms with Gasteiger partial charge in [0, 0.05) is 65.9 Å². The van der Waals surface area contributed by atoms with E-state index in [2.05, 4.69) is 58.2 Å². The second-order valence-corrected chi connectivity index (χ2v) is 6.92. The first-order valence-corrected chi connectivity index (χ1v) is 9.60. The van der Waals surface area contributed by atoms with E-state index in [1.54, 1.807) is 18.1 Å². The Morgan fingerprint density at radius 1 is 1.04 bits per heavy atom. The minimum absolute atomic E-state index is 0.116. The van der Waals surface area contributed by atoms with E-state index in [9.17, 15) is 4.79 Å². The zero-order valence-corrected chi connectivity index (χ0v) is 16.2. The van der Waals surface area contributed by atoms with Crippen LogP contribution >= 0.6 is 0 Å². The van der Waals surface area contributed by atoms with Gasteiger partial charge in [-0.25, -0.2) is 4.79 Å². The van der Waals surface area contributed by atoms with Crippen LogP contribution in [0.2, 0.25) is 0 Å². The van der Waals surface area contributed by atoms with Crippen molar-refractivity contribution in [3.05, 3.63) is 72.6 Å². The largest absolute Gasteiger partial charge is 0.341 e. The van der Waals surface area contributed by atoms with Crippen LogP contribution in [-0.4, -0.2) is 34.1 Å². The third-order valence-electron chi connectivity index (χ3n) is 5.12. The first-order chi connectivity index (χ1) is 13.7. The summed E-state index contributed by atoms with van der Waals surface area (Å²) >= 11 is 0. The molecule has 2 heterocycles. The normalized spacial score (nSPS) is 11.1. The molecule has 0 aliphatic rings. The number of para-hydroxylation sites is 1. The molecule has 0 atom stereocenters. The quantitative estimate of drug-likeness (QED) is 0.541. The molecule has 2 aromatic heterocycles. The number of pyridine rings is 1. The lowest BCUT2D eigenvalue weighted by Gasteiger charge is -2.18. The summed E-state index contributed by atoms with van der Waals surface area (Å²) in [5.41, 5.74) is 4.19. The number of nitrogens with one attached hydrogen (secondary N) is 1. The van der Waals surface area contributed by atoms with E-state index in [-0.39, 0.29) is 6.03 Å². The molecule has 2 amide bonds. The number of carbonyl (C=O) groups is 1. The summed E-state index contributed by atoms with van der Waals surface area (Å²) in [6, 6.07) is 20.2. The zero-order valence-electron chi connectivity index (χ0n) is 16.2. The number of rotatable bonds is 5. The van der Waals surface area contributed by atoms with Crippen molar-refractivity contribution in [2.24, 2.45) is 0 Å². The number of hydrogen-bond donors (Lipinski definition) is 1. The molecule has 2 aromatic carbocycles. The number of aryl methyl sites for hydroxylation is 1. The van der Waals surface area contributed by atoms with Crippen LogP contribution in [0.4, 0.5) is 10.5 Å². The third-order valence-corrected chi connectivity index (χ3v) is 5.12. The predicted octanol–water partition coefficient (Wildman–Crippen LogP) is 4.92. The molecular weight excluding hydrogens is 348 g/mol. The summed E-state index contributed by atoms with van der Waals surface area (Å²) in [5.74, 6) is 0. The number of aromatic nitrogens is 2. The van der Waals surface area contributed by atoms with Gasteiger partial charge in [0.2, 0.25) is 0 Å². The maximum Gasteiger partial charge on any atom is 0.321 e. The molecule has 0 saturated carbocycles. The van der Waals surface area contributed by atoms with Crippen molar-refractivity contribution in [1.29, 1.82) is 0 Å². The molecule has 0 aliphatic carbocycles. The highest BCUT2D eigenvalue weighted by molar-refractivity contribution is 6.09. The van der Waals surface area contributed by atoms with E-state index in [1.807, 2.05) is 24.3 Å². The topological polar surface area (TPSA) is 50.2 Å². The average Bonchev–Trinajstić information content (AvgIpc) is 3.05. The van der Waals surface area contributed by atoms with E-state index in [1.165, 1.54) is 16.4 Å². The summed E-state index contributed by atoms with van der Waals surface area (Å²) in [6.45, 7) is 3.67. The highest BCUT2D eigenvalue weighted by Gasteiger charge is 2.12. The van der Waals surface area contributed by atoms with Gasteiger partial charge in [-0.2, -0.15) is 0 Å². The molecule has 0 unspecified atom stereocenters. The maximum atomic E-state index is 12.6. The Morgan fingerprint density at radius 3 is 2.61 bits per heavy atom. The fourth-order valence-corrected chi connectivity index (χ4v) is 3.62. The molecule has 142 valence electrons. The molecule has 5 nitrogen and oxygen atoms in total. The molecule has 0 saturated heterocycles. The van der Waals surface area contributed by atoms with Crippen molar-refractivity contribution in [2.45, 2.75) is 19.9 Å². The van der Waals surface area contributed by atoms with Gasteiger partial charge in [-0.3, -0.25) is 4.98 Å². The van der Waals surface area contributed by atoms with Crippen molar-refractivity contribution >= 4 is 33.5 Å². The van der Waals surface area contributed by atoms with Gasteiger partial charge < -0.3 is 14.8 Å². The van der Waals surface area contributed by atoms with Gasteiger partial charge in [0.25, 0.3) is 0 Å². The Bertz CT molecular complexity index is 1120. The number of benzene rings is 2. The van der Waals surface area contributed by atoms with Crippen LogP contribution < -0.4 is 5.32 Å². The summed E-state index contributed by atoms with van der Waals surface area (Å²) in [5, 5.41) is 5.39. The second-order valence-electron chi connectivity index (χ2n) is 6.92. The number of fused-ring (bicyclic) bond motifs is 3. The van der Waals surface area contributed by atoms with Gasteiger partial charge in [0.15, 0.2) is 0 Å². The van der Waals surface area contributed by atoms with E-state index in [0.29, 0.717) is 6.54 Å². The van der Waals surface area contributed by atoms with Crippen LogP contribution in [0.15, 0.2) is 66.9 Å². The zero-order chi connectivity index (χ0) is 19.5. The van der Waals surface area contributed by atoms with E-state index in [0.717, 1.165) is 29.7 Å². The summed E-state index contributed by atoms with van der Waals surface area (Å²) in [7, 11) is 1.81. The van der Waals surface area contributed by atoms with Crippen molar-refractivity contribution in [1.82, 2.24) is 14.5 Å². The van der Waals surface area contributed by atoms with Crippen LogP contribution in [0, 0.1) is 0 Å². The van der Waals surface area contributed by atoms with Crippen molar-refractivity contribution in [3.63, 3.8) is 0 Å². The fraction of sp³-hybridized carbons (Fsp3) is 0.217. The lowest BCUT2D eigenvalue weighted by atomic mass is 10.1. The predicted molar refractivity (Wildman–Crippen MR) is 115 cm³/mol. The number of amides is 2. The molecule has 1 N–H and O–H groups in total. The standard InChI is InChI=1S/C23H24N4O/c1-3-27-21-10-5-4-9-19(21)20-16-18(11-12-22(20)27)25-23(28)26(2)15-13-17-8-6-7-14-24-17/h4-12,14,16H,3,13,15H2,1-2H3,(H,25,28). The van der Waals surface area contributed by atoms with E-state index in [4.69, 9.17) is 0 Å². The smallest absolute Gasteiger partial charge is 0.321 e. The van der Waals surface area contributed by atoms with Crippen LogP contribution in [0.25, 0.3) is 21.8 Å². The molecule has 0 aliphatic heterocycles. The Morgan fingerprint density at radius 2 is 1.82 bits per heavy atom.